The number of carbonyl (C=O) groups is 2. The highest BCUT2D eigenvalue weighted by atomic mass is 16.5. The zero-order chi connectivity index (χ0) is 18.2. The molecule has 0 aliphatic rings. The lowest BCUT2D eigenvalue weighted by atomic mass is 9.97. The monoisotopic (exact) mass is 343 g/mol. The Bertz CT molecular complexity index is 742. The van der Waals surface area contributed by atoms with Gasteiger partial charge in [0.2, 0.25) is 5.91 Å². The Hall–Kier alpha value is -2.56. The van der Waals surface area contributed by atoms with E-state index < -0.39 is 12.0 Å². The van der Waals surface area contributed by atoms with Gasteiger partial charge >= 0.3 is 5.97 Å². The number of carboxylic acid groups (broad SMARTS) is 1. The van der Waals surface area contributed by atoms with Crippen LogP contribution in [0.25, 0.3) is 10.8 Å². The molecule has 0 radical (unpaired) electrons. The van der Waals surface area contributed by atoms with Crippen LogP contribution in [0.4, 0.5) is 0 Å². The van der Waals surface area contributed by atoms with Crippen molar-refractivity contribution in [2.24, 2.45) is 0 Å². The molecule has 0 fully saturated rings. The van der Waals surface area contributed by atoms with Crippen LogP contribution >= 0.6 is 0 Å². The van der Waals surface area contributed by atoms with Gasteiger partial charge in [-0.15, -0.1) is 0 Å². The van der Waals surface area contributed by atoms with Crippen molar-refractivity contribution in [3.8, 4) is 5.75 Å². The molecule has 1 amide bonds. The van der Waals surface area contributed by atoms with Crippen molar-refractivity contribution in [1.29, 1.82) is 0 Å². The Morgan fingerprint density at radius 1 is 1.16 bits per heavy atom. The third kappa shape index (κ3) is 5.21. The number of carbonyl (C=O) groups excluding carboxylic acids is 1. The molecule has 1 unspecified atom stereocenters. The molecule has 0 spiro atoms. The lowest BCUT2D eigenvalue weighted by molar-refractivity contribution is -0.141. The van der Waals surface area contributed by atoms with Crippen molar-refractivity contribution in [3.05, 3.63) is 42.0 Å². The van der Waals surface area contributed by atoms with Gasteiger partial charge in [-0.05, 0) is 23.3 Å². The first kappa shape index (κ1) is 18.8. The Balaban J connectivity index is 2.35. The van der Waals surface area contributed by atoms with E-state index in [1.807, 2.05) is 36.4 Å². The molecule has 0 aromatic heterocycles. The number of nitrogens with one attached hydrogen (secondary N) is 1. The van der Waals surface area contributed by atoms with Crippen molar-refractivity contribution in [1.82, 2.24) is 5.32 Å². The summed E-state index contributed by atoms with van der Waals surface area (Å²) in [7, 11) is 0. The van der Waals surface area contributed by atoms with Gasteiger partial charge in [-0.2, -0.15) is 0 Å². The fourth-order valence-corrected chi connectivity index (χ4v) is 2.85. The molecule has 1 atom stereocenters. The Morgan fingerprint density at radius 2 is 1.92 bits per heavy atom. The summed E-state index contributed by atoms with van der Waals surface area (Å²) < 4.78 is 5.93. The number of hydrogen-bond donors (Lipinski definition) is 2. The van der Waals surface area contributed by atoms with E-state index in [1.54, 1.807) is 0 Å². The van der Waals surface area contributed by atoms with E-state index in [0.717, 1.165) is 35.6 Å². The van der Waals surface area contributed by atoms with E-state index in [4.69, 9.17) is 4.74 Å². The van der Waals surface area contributed by atoms with Crippen molar-refractivity contribution in [3.63, 3.8) is 0 Å². The van der Waals surface area contributed by atoms with Crippen LogP contribution < -0.4 is 10.1 Å². The lowest BCUT2D eigenvalue weighted by Gasteiger charge is -2.18. The molecule has 2 N–H and O–H groups in total. The number of hydrogen-bond acceptors (Lipinski definition) is 3. The third-order valence-corrected chi connectivity index (χ3v) is 4.09. The van der Waals surface area contributed by atoms with Crippen molar-refractivity contribution in [2.75, 3.05) is 6.61 Å². The summed E-state index contributed by atoms with van der Waals surface area (Å²) in [5.41, 5.74) is 0.816. The average Bonchev–Trinajstić information content (AvgIpc) is 2.58. The predicted molar refractivity (Wildman–Crippen MR) is 97.9 cm³/mol. The number of carboxylic acids is 1. The largest absolute Gasteiger partial charge is 0.493 e. The lowest BCUT2D eigenvalue weighted by Crippen LogP contribution is -2.41. The number of benzene rings is 2. The van der Waals surface area contributed by atoms with Gasteiger partial charge in [-0.25, -0.2) is 4.79 Å². The molecule has 25 heavy (non-hydrogen) atoms. The van der Waals surface area contributed by atoms with Gasteiger partial charge in [-0.1, -0.05) is 50.1 Å². The number of fused-ring (bicyclic) bond motifs is 1. The quantitative estimate of drug-likeness (QED) is 0.683. The summed E-state index contributed by atoms with van der Waals surface area (Å²) in [6, 6.07) is 10.7. The standard InChI is InChI=1S/C20H25NO4/c1-3-4-7-12-25-19-11-10-15-8-5-6-9-16(15)17(19)13-18(20(23)24)21-14(2)22/h5-6,8-11,18H,3-4,7,12-13H2,1-2H3,(H,21,22)(H,23,24). The molecular formula is C20H25NO4. The van der Waals surface area contributed by atoms with Crippen LogP contribution in [0, 0.1) is 0 Å². The van der Waals surface area contributed by atoms with Gasteiger partial charge < -0.3 is 15.2 Å². The molecule has 0 saturated carbocycles. The molecule has 2 aromatic rings. The highest BCUT2D eigenvalue weighted by Crippen LogP contribution is 2.29. The van der Waals surface area contributed by atoms with Gasteiger partial charge in [0.1, 0.15) is 11.8 Å². The maximum Gasteiger partial charge on any atom is 0.326 e. The Morgan fingerprint density at radius 3 is 2.60 bits per heavy atom. The molecule has 2 rings (SSSR count). The van der Waals surface area contributed by atoms with E-state index in [2.05, 4.69) is 12.2 Å². The molecule has 134 valence electrons. The Labute approximate surface area is 148 Å². The summed E-state index contributed by atoms with van der Waals surface area (Å²) in [6.07, 6.45) is 3.33. The molecular weight excluding hydrogens is 318 g/mol. The molecule has 0 aliphatic carbocycles. The number of ether oxygens (including phenoxy) is 1. The maximum absolute atomic E-state index is 11.5. The topological polar surface area (TPSA) is 75.6 Å². The van der Waals surface area contributed by atoms with Gasteiger partial charge in [0.25, 0.3) is 0 Å². The highest BCUT2D eigenvalue weighted by molar-refractivity contribution is 5.89. The van der Waals surface area contributed by atoms with Crippen LogP contribution in [0.2, 0.25) is 0 Å². The molecule has 5 heteroatoms. The van der Waals surface area contributed by atoms with Crippen LogP contribution in [0.1, 0.15) is 38.7 Å². The maximum atomic E-state index is 11.5. The summed E-state index contributed by atoms with van der Waals surface area (Å²) >= 11 is 0. The van der Waals surface area contributed by atoms with Gasteiger partial charge in [0, 0.05) is 18.9 Å². The second-order valence-electron chi connectivity index (χ2n) is 6.11. The molecule has 5 nitrogen and oxygen atoms in total. The van der Waals surface area contributed by atoms with Crippen LogP contribution in [-0.4, -0.2) is 29.6 Å². The molecule has 0 heterocycles. The molecule has 0 saturated heterocycles. The average molecular weight is 343 g/mol. The molecule has 0 bridgehead atoms. The summed E-state index contributed by atoms with van der Waals surface area (Å²) in [4.78, 5) is 22.9. The molecule has 2 aromatic carbocycles. The van der Waals surface area contributed by atoms with E-state index in [0.29, 0.717) is 12.4 Å². The van der Waals surface area contributed by atoms with Gasteiger partial charge in [0.15, 0.2) is 0 Å². The van der Waals surface area contributed by atoms with Crippen molar-refractivity contribution in [2.45, 2.75) is 45.6 Å². The fourth-order valence-electron chi connectivity index (χ4n) is 2.85. The first-order valence-electron chi connectivity index (χ1n) is 8.66. The normalized spacial score (nSPS) is 11.9. The summed E-state index contributed by atoms with van der Waals surface area (Å²) in [6.45, 7) is 4.05. The Kier molecular flexibility index (Phi) is 6.81. The minimum absolute atomic E-state index is 0.180. The van der Waals surface area contributed by atoms with Crippen LogP contribution in [0.15, 0.2) is 36.4 Å². The van der Waals surface area contributed by atoms with Crippen molar-refractivity contribution < 1.29 is 19.4 Å². The zero-order valence-electron chi connectivity index (χ0n) is 14.7. The smallest absolute Gasteiger partial charge is 0.326 e. The second-order valence-corrected chi connectivity index (χ2v) is 6.11. The predicted octanol–water partition coefficient (Wildman–Crippen LogP) is 3.54. The first-order valence-corrected chi connectivity index (χ1v) is 8.66. The van der Waals surface area contributed by atoms with Crippen molar-refractivity contribution >= 4 is 22.6 Å². The third-order valence-electron chi connectivity index (χ3n) is 4.09. The molecule has 0 aliphatic heterocycles. The summed E-state index contributed by atoms with van der Waals surface area (Å²) in [5, 5.41) is 13.9. The first-order chi connectivity index (χ1) is 12.0. The van der Waals surface area contributed by atoms with E-state index >= 15 is 0 Å². The fraction of sp³-hybridized carbons (Fsp3) is 0.400. The van der Waals surface area contributed by atoms with Crippen LogP contribution in [0.3, 0.4) is 0 Å². The SMILES string of the molecule is CCCCCOc1ccc2ccccc2c1CC(NC(C)=O)C(=O)O. The van der Waals surface area contributed by atoms with Crippen LogP contribution in [-0.2, 0) is 16.0 Å². The number of aliphatic carboxylic acids is 1. The highest BCUT2D eigenvalue weighted by Gasteiger charge is 2.22. The minimum Gasteiger partial charge on any atom is -0.493 e. The van der Waals surface area contributed by atoms with E-state index in [1.165, 1.54) is 6.92 Å². The second kappa shape index (κ2) is 9.06. The minimum atomic E-state index is -1.06. The summed E-state index contributed by atoms with van der Waals surface area (Å²) in [5.74, 6) is -0.732. The zero-order valence-corrected chi connectivity index (χ0v) is 14.7. The van der Waals surface area contributed by atoms with Gasteiger partial charge in [0.05, 0.1) is 6.61 Å². The van der Waals surface area contributed by atoms with E-state index in [9.17, 15) is 14.7 Å². The van der Waals surface area contributed by atoms with E-state index in [-0.39, 0.29) is 12.3 Å². The van der Waals surface area contributed by atoms with Crippen LogP contribution in [0.5, 0.6) is 5.75 Å². The number of amides is 1. The number of rotatable bonds is 9. The van der Waals surface area contributed by atoms with Gasteiger partial charge in [-0.3, -0.25) is 4.79 Å². The number of unbranched alkanes of at least 4 members (excludes halogenated alkanes) is 2.